The van der Waals surface area contributed by atoms with E-state index >= 15 is 0 Å². The van der Waals surface area contributed by atoms with Crippen molar-refractivity contribution in [3.8, 4) is 0 Å². The summed E-state index contributed by atoms with van der Waals surface area (Å²) in [5, 5.41) is 5.60. The van der Waals surface area contributed by atoms with E-state index in [0.29, 0.717) is 11.4 Å². The SMILES string of the molecule is CCC(CC)C(=O)Nc1ccc(C)c(NC(=O)CN)c1. The maximum atomic E-state index is 12.0. The number of amides is 2. The van der Waals surface area contributed by atoms with E-state index in [1.54, 1.807) is 6.07 Å². The van der Waals surface area contributed by atoms with Crippen molar-refractivity contribution < 1.29 is 9.59 Å². The standard InChI is InChI=1S/C15H23N3O2/c1-4-11(5-2)15(20)17-12-7-6-10(3)13(8-12)18-14(19)9-16/h6-8,11H,4-5,9,16H2,1-3H3,(H,17,20)(H,18,19). The summed E-state index contributed by atoms with van der Waals surface area (Å²) in [6, 6.07) is 5.44. The van der Waals surface area contributed by atoms with Crippen molar-refractivity contribution >= 4 is 23.2 Å². The second kappa shape index (κ2) is 7.65. The summed E-state index contributed by atoms with van der Waals surface area (Å²) in [5.74, 6) is -0.232. The van der Waals surface area contributed by atoms with Gasteiger partial charge in [-0.25, -0.2) is 0 Å². The van der Waals surface area contributed by atoms with Crippen molar-refractivity contribution in [2.45, 2.75) is 33.6 Å². The van der Waals surface area contributed by atoms with E-state index in [1.165, 1.54) is 0 Å². The maximum absolute atomic E-state index is 12.0. The Morgan fingerprint density at radius 3 is 2.40 bits per heavy atom. The molecular weight excluding hydrogens is 254 g/mol. The molecule has 0 heterocycles. The normalized spacial score (nSPS) is 10.4. The molecule has 0 saturated carbocycles. The summed E-state index contributed by atoms with van der Waals surface area (Å²) in [7, 11) is 0. The van der Waals surface area contributed by atoms with Crippen molar-refractivity contribution in [3.05, 3.63) is 23.8 Å². The molecule has 110 valence electrons. The number of hydrogen-bond acceptors (Lipinski definition) is 3. The first kappa shape index (κ1) is 16.2. The van der Waals surface area contributed by atoms with Gasteiger partial charge in [0.15, 0.2) is 0 Å². The highest BCUT2D eigenvalue weighted by molar-refractivity contribution is 5.96. The molecule has 0 bridgehead atoms. The molecule has 0 fully saturated rings. The number of rotatable bonds is 6. The van der Waals surface area contributed by atoms with Crippen molar-refractivity contribution in [2.75, 3.05) is 17.2 Å². The lowest BCUT2D eigenvalue weighted by Crippen LogP contribution is -2.23. The summed E-state index contributed by atoms with van der Waals surface area (Å²) < 4.78 is 0. The third-order valence-electron chi connectivity index (χ3n) is 3.32. The summed E-state index contributed by atoms with van der Waals surface area (Å²) in [6.07, 6.45) is 1.62. The average Bonchev–Trinajstić information content (AvgIpc) is 2.43. The average molecular weight is 277 g/mol. The smallest absolute Gasteiger partial charge is 0.238 e. The molecule has 0 aromatic heterocycles. The third kappa shape index (κ3) is 4.35. The lowest BCUT2D eigenvalue weighted by molar-refractivity contribution is -0.120. The van der Waals surface area contributed by atoms with Gasteiger partial charge in [-0.15, -0.1) is 0 Å². The van der Waals surface area contributed by atoms with E-state index in [4.69, 9.17) is 5.73 Å². The largest absolute Gasteiger partial charge is 0.326 e. The van der Waals surface area contributed by atoms with Crippen LogP contribution in [-0.2, 0) is 9.59 Å². The number of nitrogens with one attached hydrogen (secondary N) is 2. The van der Waals surface area contributed by atoms with Crippen LogP contribution in [0.3, 0.4) is 0 Å². The second-order valence-corrected chi connectivity index (χ2v) is 4.78. The molecule has 0 spiro atoms. The van der Waals surface area contributed by atoms with Gasteiger partial charge >= 0.3 is 0 Å². The molecule has 0 aliphatic rings. The van der Waals surface area contributed by atoms with Gasteiger partial charge in [0.2, 0.25) is 11.8 Å². The molecule has 1 aromatic rings. The minimum Gasteiger partial charge on any atom is -0.326 e. The van der Waals surface area contributed by atoms with Gasteiger partial charge < -0.3 is 16.4 Å². The summed E-state index contributed by atoms with van der Waals surface area (Å²) >= 11 is 0. The molecule has 20 heavy (non-hydrogen) atoms. The fourth-order valence-electron chi connectivity index (χ4n) is 1.94. The van der Waals surface area contributed by atoms with Crippen molar-refractivity contribution in [1.82, 2.24) is 0 Å². The number of carbonyl (C=O) groups is 2. The van der Waals surface area contributed by atoms with Gasteiger partial charge in [-0.05, 0) is 37.5 Å². The number of carbonyl (C=O) groups excluding carboxylic acids is 2. The molecule has 2 amide bonds. The second-order valence-electron chi connectivity index (χ2n) is 4.78. The van der Waals surface area contributed by atoms with Gasteiger partial charge in [0.05, 0.1) is 6.54 Å². The third-order valence-corrected chi connectivity index (χ3v) is 3.32. The Balaban J connectivity index is 2.84. The van der Waals surface area contributed by atoms with E-state index in [1.807, 2.05) is 32.9 Å². The van der Waals surface area contributed by atoms with Gasteiger partial charge in [-0.3, -0.25) is 9.59 Å². The topological polar surface area (TPSA) is 84.2 Å². The molecule has 1 aromatic carbocycles. The highest BCUT2D eigenvalue weighted by Gasteiger charge is 2.14. The molecule has 4 N–H and O–H groups in total. The van der Waals surface area contributed by atoms with E-state index in [0.717, 1.165) is 18.4 Å². The number of anilines is 2. The van der Waals surface area contributed by atoms with Crippen molar-refractivity contribution in [2.24, 2.45) is 11.7 Å². The quantitative estimate of drug-likeness (QED) is 0.745. The molecule has 0 atom stereocenters. The first-order valence-electron chi connectivity index (χ1n) is 6.93. The Morgan fingerprint density at radius 1 is 1.20 bits per heavy atom. The first-order chi connectivity index (χ1) is 9.51. The van der Waals surface area contributed by atoms with Crippen LogP contribution in [0.25, 0.3) is 0 Å². The van der Waals surface area contributed by atoms with Crippen LogP contribution in [0.15, 0.2) is 18.2 Å². The summed E-state index contributed by atoms with van der Waals surface area (Å²) in [5.41, 5.74) is 7.56. The molecule has 0 saturated heterocycles. The summed E-state index contributed by atoms with van der Waals surface area (Å²) in [4.78, 5) is 23.4. The van der Waals surface area contributed by atoms with Crippen LogP contribution in [0.5, 0.6) is 0 Å². The fraction of sp³-hybridized carbons (Fsp3) is 0.467. The van der Waals surface area contributed by atoms with Crippen LogP contribution in [0, 0.1) is 12.8 Å². The van der Waals surface area contributed by atoms with Gasteiger partial charge in [0, 0.05) is 17.3 Å². The predicted octanol–water partition coefficient (Wildman–Crippen LogP) is 2.27. The van der Waals surface area contributed by atoms with Crippen LogP contribution in [0.4, 0.5) is 11.4 Å². The lowest BCUT2D eigenvalue weighted by Gasteiger charge is -2.14. The molecular formula is C15H23N3O2. The van der Waals surface area contributed by atoms with Crippen LogP contribution >= 0.6 is 0 Å². The number of hydrogen-bond donors (Lipinski definition) is 3. The molecule has 0 aliphatic heterocycles. The first-order valence-corrected chi connectivity index (χ1v) is 6.93. The Labute approximate surface area is 119 Å². The Bertz CT molecular complexity index is 482. The molecule has 5 heteroatoms. The highest BCUT2D eigenvalue weighted by Crippen LogP contribution is 2.21. The van der Waals surface area contributed by atoms with Crippen LogP contribution in [-0.4, -0.2) is 18.4 Å². The highest BCUT2D eigenvalue weighted by atomic mass is 16.2. The zero-order valence-corrected chi connectivity index (χ0v) is 12.3. The van der Waals surface area contributed by atoms with Crippen LogP contribution in [0.2, 0.25) is 0 Å². The van der Waals surface area contributed by atoms with Crippen molar-refractivity contribution in [3.63, 3.8) is 0 Å². The molecule has 0 aliphatic carbocycles. The van der Waals surface area contributed by atoms with Crippen molar-refractivity contribution in [1.29, 1.82) is 0 Å². The van der Waals surface area contributed by atoms with Crippen LogP contribution < -0.4 is 16.4 Å². The van der Waals surface area contributed by atoms with E-state index in [2.05, 4.69) is 10.6 Å². The minimum absolute atomic E-state index is 0.00922. The predicted molar refractivity (Wildman–Crippen MR) is 81.6 cm³/mol. The summed E-state index contributed by atoms with van der Waals surface area (Å²) in [6.45, 7) is 5.81. The molecule has 0 radical (unpaired) electrons. The zero-order chi connectivity index (χ0) is 15.1. The molecule has 5 nitrogen and oxygen atoms in total. The van der Waals surface area contributed by atoms with Gasteiger partial charge in [0.1, 0.15) is 0 Å². The minimum atomic E-state index is -0.253. The fourth-order valence-corrected chi connectivity index (χ4v) is 1.94. The Hall–Kier alpha value is -1.88. The zero-order valence-electron chi connectivity index (χ0n) is 12.3. The maximum Gasteiger partial charge on any atom is 0.238 e. The Morgan fingerprint density at radius 2 is 1.85 bits per heavy atom. The number of nitrogens with two attached hydrogens (primary N) is 1. The van der Waals surface area contributed by atoms with E-state index in [9.17, 15) is 9.59 Å². The molecule has 1 rings (SSSR count). The van der Waals surface area contributed by atoms with E-state index in [-0.39, 0.29) is 24.3 Å². The molecule has 0 unspecified atom stereocenters. The van der Waals surface area contributed by atoms with E-state index < -0.39 is 0 Å². The number of aryl methyl sites for hydroxylation is 1. The van der Waals surface area contributed by atoms with Crippen LogP contribution in [0.1, 0.15) is 32.3 Å². The number of benzene rings is 1. The van der Waals surface area contributed by atoms with Gasteiger partial charge in [-0.2, -0.15) is 0 Å². The lowest BCUT2D eigenvalue weighted by atomic mass is 10.0. The van der Waals surface area contributed by atoms with Gasteiger partial charge in [0.25, 0.3) is 0 Å². The monoisotopic (exact) mass is 277 g/mol. The van der Waals surface area contributed by atoms with Gasteiger partial charge in [-0.1, -0.05) is 19.9 Å². The Kier molecular flexibility index (Phi) is 6.18.